The lowest BCUT2D eigenvalue weighted by Crippen LogP contribution is -2.38. The molecule has 11 heteroatoms. The number of benzene rings is 1. The van der Waals surface area contributed by atoms with Crippen LogP contribution in [0.15, 0.2) is 52.1 Å². The number of anilines is 1. The number of pyridine rings is 1. The molecule has 0 spiro atoms. The fraction of sp³-hybridized carbons (Fsp3) is 0.176. The number of nitrogens with zero attached hydrogens (tertiary/aromatic N) is 3. The van der Waals surface area contributed by atoms with Crippen LogP contribution < -0.4 is 16.0 Å². The van der Waals surface area contributed by atoms with Crippen LogP contribution in [-0.2, 0) is 0 Å². The van der Waals surface area contributed by atoms with Gasteiger partial charge in [-0.3, -0.25) is 10.1 Å². The van der Waals surface area contributed by atoms with Crippen molar-refractivity contribution < 1.29 is 4.79 Å². The normalized spacial score (nSPS) is 11.5. The van der Waals surface area contributed by atoms with Gasteiger partial charge in [-0.15, -0.1) is 0 Å². The summed E-state index contributed by atoms with van der Waals surface area (Å²) in [5.74, 6) is -0.195. The molecule has 0 aliphatic carbocycles. The Morgan fingerprint density at radius 2 is 1.96 bits per heavy atom. The molecule has 0 unspecified atom stereocenters. The fourth-order valence-electron chi connectivity index (χ4n) is 1.91. The summed E-state index contributed by atoms with van der Waals surface area (Å²) in [5.41, 5.74) is 1.03. The number of amides is 1. The van der Waals surface area contributed by atoms with Gasteiger partial charge < -0.3 is 10.6 Å². The lowest BCUT2D eigenvalue weighted by atomic mass is 10.2. The largest absolute Gasteiger partial charge is 0.349 e. The predicted octanol–water partition coefficient (Wildman–Crippen LogP) is 3.94. The first kappa shape index (κ1) is 22.2. The third kappa shape index (κ3) is 7.52. The molecular weight excluding hydrogens is 490 g/mol. The molecule has 0 saturated carbocycles. The zero-order valence-electron chi connectivity index (χ0n) is 14.2. The summed E-state index contributed by atoms with van der Waals surface area (Å²) in [6, 6.07) is 10.1. The van der Waals surface area contributed by atoms with Crippen LogP contribution >= 0.6 is 50.7 Å². The van der Waals surface area contributed by atoms with E-state index in [9.17, 15) is 4.79 Å². The summed E-state index contributed by atoms with van der Waals surface area (Å²) in [6.07, 6.45) is 3.24. The number of rotatable bonds is 6. The summed E-state index contributed by atoms with van der Waals surface area (Å²) in [5, 5.41) is 17.1. The number of alkyl halides is 2. The number of guanidine groups is 1. The van der Waals surface area contributed by atoms with Crippen LogP contribution in [0.2, 0.25) is 5.15 Å². The summed E-state index contributed by atoms with van der Waals surface area (Å²) in [7, 11) is 0. The van der Waals surface area contributed by atoms with Crippen molar-refractivity contribution in [3.8, 4) is 6.19 Å². The van der Waals surface area contributed by atoms with E-state index in [1.54, 1.807) is 42.6 Å². The van der Waals surface area contributed by atoms with E-state index in [-0.39, 0.29) is 25.0 Å². The standard InChI is InChI=1S/C17H14BrCl3N6O/c18-12-3-1-11(2-4-12)15(28)24-8-17(20,21)9-25-16(26-10-22)27-13-5-6-14(19)23-7-13/h1-7H,8-9H2,(H,24,28)(H2,25,26,27). The zero-order chi connectivity index (χ0) is 20.6. The van der Waals surface area contributed by atoms with Crippen LogP contribution in [-0.4, -0.2) is 34.3 Å². The van der Waals surface area contributed by atoms with Gasteiger partial charge in [0.15, 0.2) is 10.5 Å². The van der Waals surface area contributed by atoms with Gasteiger partial charge in [-0.1, -0.05) is 50.7 Å². The van der Waals surface area contributed by atoms with E-state index in [2.05, 4.69) is 41.9 Å². The molecular formula is C17H14BrCl3N6O. The molecule has 1 aromatic carbocycles. The molecule has 0 aliphatic rings. The van der Waals surface area contributed by atoms with Gasteiger partial charge in [-0.2, -0.15) is 5.26 Å². The predicted molar refractivity (Wildman–Crippen MR) is 115 cm³/mol. The summed E-state index contributed by atoms with van der Waals surface area (Å²) in [6.45, 7) is -0.133. The third-order valence-electron chi connectivity index (χ3n) is 3.25. The topological polar surface area (TPSA) is 102 Å². The minimum absolute atomic E-state index is 0.0448. The van der Waals surface area contributed by atoms with Gasteiger partial charge in [-0.25, -0.2) is 9.98 Å². The van der Waals surface area contributed by atoms with Crippen LogP contribution in [0, 0.1) is 11.5 Å². The van der Waals surface area contributed by atoms with Crippen LogP contribution in [0.25, 0.3) is 0 Å². The molecule has 1 heterocycles. The number of aromatic nitrogens is 1. The molecule has 3 N–H and O–H groups in total. The first-order valence-electron chi connectivity index (χ1n) is 7.79. The maximum Gasteiger partial charge on any atom is 0.251 e. The van der Waals surface area contributed by atoms with E-state index in [1.165, 1.54) is 6.20 Å². The van der Waals surface area contributed by atoms with Crippen molar-refractivity contribution in [3.63, 3.8) is 0 Å². The average Bonchev–Trinajstić information content (AvgIpc) is 2.67. The van der Waals surface area contributed by atoms with Gasteiger partial charge in [0.25, 0.3) is 5.91 Å². The number of nitrogens with one attached hydrogen (secondary N) is 3. The number of hydrogen-bond donors (Lipinski definition) is 3. The van der Waals surface area contributed by atoms with Crippen molar-refractivity contribution in [3.05, 3.63) is 57.8 Å². The lowest BCUT2D eigenvalue weighted by Gasteiger charge is -2.18. The zero-order valence-corrected chi connectivity index (χ0v) is 18.1. The molecule has 0 saturated heterocycles. The van der Waals surface area contributed by atoms with Gasteiger partial charge in [0.2, 0.25) is 5.96 Å². The van der Waals surface area contributed by atoms with Crippen LogP contribution in [0.5, 0.6) is 0 Å². The highest BCUT2D eigenvalue weighted by Crippen LogP contribution is 2.21. The Balaban J connectivity index is 1.95. The lowest BCUT2D eigenvalue weighted by molar-refractivity contribution is 0.0952. The Bertz CT molecular complexity index is 881. The number of carbonyl (C=O) groups is 1. The summed E-state index contributed by atoms with van der Waals surface area (Å²) < 4.78 is -0.517. The van der Waals surface area contributed by atoms with Crippen LogP contribution in [0.4, 0.5) is 5.69 Å². The first-order chi connectivity index (χ1) is 13.3. The Hall–Kier alpha value is -2.05. The van der Waals surface area contributed by atoms with E-state index in [0.29, 0.717) is 16.4 Å². The molecule has 2 rings (SSSR count). The molecule has 28 heavy (non-hydrogen) atoms. The number of nitriles is 1. The molecule has 1 aromatic heterocycles. The molecule has 1 amide bonds. The molecule has 7 nitrogen and oxygen atoms in total. The van der Waals surface area contributed by atoms with Crippen LogP contribution in [0.1, 0.15) is 10.4 Å². The molecule has 0 fully saturated rings. The van der Waals surface area contributed by atoms with Crippen molar-refractivity contribution in [2.45, 2.75) is 4.33 Å². The Morgan fingerprint density at radius 1 is 1.25 bits per heavy atom. The number of hydrogen-bond acceptors (Lipinski definition) is 4. The monoisotopic (exact) mass is 502 g/mol. The highest BCUT2D eigenvalue weighted by molar-refractivity contribution is 9.10. The van der Waals surface area contributed by atoms with Crippen molar-refractivity contribution >= 4 is 68.3 Å². The number of aliphatic imine (C=N–C) groups is 1. The number of halogens is 4. The van der Waals surface area contributed by atoms with Crippen LogP contribution in [0.3, 0.4) is 0 Å². The minimum Gasteiger partial charge on any atom is -0.349 e. The Morgan fingerprint density at radius 3 is 2.57 bits per heavy atom. The summed E-state index contributed by atoms with van der Waals surface area (Å²) in [4.78, 5) is 20.2. The van der Waals surface area contributed by atoms with E-state index in [1.807, 2.05) is 0 Å². The van der Waals surface area contributed by atoms with Crippen molar-refractivity contribution in [1.29, 1.82) is 5.26 Å². The molecule has 0 radical (unpaired) electrons. The molecule has 0 aliphatic heterocycles. The van der Waals surface area contributed by atoms with E-state index >= 15 is 0 Å². The molecule has 2 aromatic rings. The number of carbonyl (C=O) groups excluding carboxylic acids is 1. The van der Waals surface area contributed by atoms with Gasteiger partial charge >= 0.3 is 0 Å². The Labute approximate surface area is 185 Å². The highest BCUT2D eigenvalue weighted by atomic mass is 79.9. The second kappa shape index (κ2) is 10.5. The minimum atomic E-state index is -1.38. The smallest absolute Gasteiger partial charge is 0.251 e. The SMILES string of the molecule is N#CNC(=NCC(Cl)(Cl)CNC(=O)c1ccc(Br)cc1)Nc1ccc(Cl)nc1. The van der Waals surface area contributed by atoms with Crippen molar-refractivity contribution in [2.75, 3.05) is 18.4 Å². The maximum atomic E-state index is 12.1. The van der Waals surface area contributed by atoms with E-state index < -0.39 is 4.33 Å². The molecule has 146 valence electrons. The van der Waals surface area contributed by atoms with E-state index in [0.717, 1.165) is 4.47 Å². The van der Waals surface area contributed by atoms with Gasteiger partial charge in [-0.05, 0) is 36.4 Å². The van der Waals surface area contributed by atoms with Crippen molar-refractivity contribution in [2.24, 2.45) is 4.99 Å². The second-order valence-electron chi connectivity index (χ2n) is 5.44. The average molecular weight is 505 g/mol. The van der Waals surface area contributed by atoms with Gasteiger partial charge in [0, 0.05) is 10.0 Å². The van der Waals surface area contributed by atoms with Gasteiger partial charge in [0.1, 0.15) is 5.15 Å². The third-order valence-corrected chi connectivity index (χ3v) is 4.51. The maximum absolute atomic E-state index is 12.1. The quantitative estimate of drug-likeness (QED) is 0.138. The Kier molecular flexibility index (Phi) is 8.33. The molecule has 0 bridgehead atoms. The van der Waals surface area contributed by atoms with Gasteiger partial charge in [0.05, 0.1) is 25.0 Å². The fourth-order valence-corrected chi connectivity index (χ4v) is 2.54. The van der Waals surface area contributed by atoms with E-state index in [4.69, 9.17) is 40.1 Å². The summed E-state index contributed by atoms with van der Waals surface area (Å²) >= 11 is 21.5. The molecule has 0 atom stereocenters. The second-order valence-corrected chi connectivity index (χ2v) is 8.39. The van der Waals surface area contributed by atoms with Crippen molar-refractivity contribution in [1.82, 2.24) is 15.6 Å². The first-order valence-corrected chi connectivity index (χ1v) is 9.71. The highest BCUT2D eigenvalue weighted by Gasteiger charge is 2.25.